The molecule has 0 nitrogen and oxygen atoms in total. The second kappa shape index (κ2) is 8.62. The maximum absolute atomic E-state index is 11.4. The first-order chi connectivity index (χ1) is 3.97. The van der Waals surface area contributed by atoms with Gasteiger partial charge in [0, 0.05) is 0 Å². The second-order valence-electron chi connectivity index (χ2n) is 0.850. The van der Waals surface area contributed by atoms with Gasteiger partial charge >= 0.3 is 3.93 Å². The monoisotopic (exact) mass is 538 g/mol. The largest absolute Gasteiger partial charge is 0.306 e. The highest BCUT2D eigenvalue weighted by Crippen LogP contribution is 2.23. The van der Waals surface area contributed by atoms with Crippen molar-refractivity contribution in [3.8, 4) is 0 Å². The Kier molecular flexibility index (Phi) is 13.5. The fraction of sp³-hybridized carbons (Fsp3) is 1.00. The van der Waals surface area contributed by atoms with Gasteiger partial charge in [0.1, 0.15) is 0 Å². The molecule has 58 valence electrons. The summed E-state index contributed by atoms with van der Waals surface area (Å²) in [4.78, 5) is 0. The molecular weight excluding hydrogens is 535 g/mol. The van der Waals surface area contributed by atoms with Crippen LogP contribution >= 0.6 is 83.7 Å². The Morgan fingerprint density at radius 2 is 1.44 bits per heavy atom. The van der Waals surface area contributed by atoms with Crippen LogP contribution in [0.1, 0.15) is 0 Å². The minimum absolute atomic E-state index is 0.263. The molecule has 0 amide bonds. The molecule has 0 aromatic carbocycles. The zero-order valence-corrected chi connectivity index (χ0v) is 12.2. The number of alkyl halides is 6. The molecule has 0 spiro atoms. The van der Waals surface area contributed by atoms with E-state index < -0.39 is 3.93 Å². The minimum Gasteiger partial charge on any atom is -0.194 e. The third-order valence-electron chi connectivity index (χ3n) is 0.152. The first kappa shape index (κ1) is 14.1. The highest BCUT2D eigenvalue weighted by Gasteiger charge is 2.20. The van der Waals surface area contributed by atoms with E-state index in [4.69, 9.17) is 0 Å². The van der Waals surface area contributed by atoms with E-state index in [2.05, 4.69) is 61.1 Å². The van der Waals surface area contributed by atoms with E-state index >= 15 is 0 Å². The van der Waals surface area contributed by atoms with Gasteiger partial charge in [0.2, 0.25) is 0 Å². The lowest BCUT2D eigenvalue weighted by Crippen LogP contribution is -2.03. The summed E-state index contributed by atoms with van der Waals surface area (Å²) >= 11 is 8.22. The number of rotatable bonds is 1. The van der Waals surface area contributed by atoms with Gasteiger partial charge in [-0.2, -0.15) is 8.78 Å². The van der Waals surface area contributed by atoms with Crippen LogP contribution in [0.5, 0.6) is 0 Å². The molecule has 0 atom stereocenters. The number of hydrogen-bond donors (Lipinski definition) is 0. The van der Waals surface area contributed by atoms with Crippen LogP contribution in [-0.2, 0) is 0 Å². The minimum atomic E-state index is -2.57. The van der Waals surface area contributed by atoms with Crippen molar-refractivity contribution in [3.63, 3.8) is 0 Å². The van der Waals surface area contributed by atoms with Gasteiger partial charge in [0.15, 0.2) is 0 Å². The van der Waals surface area contributed by atoms with E-state index in [-0.39, 0.29) is 5.33 Å². The average Bonchev–Trinajstić information content (AvgIpc) is 1.67. The molecule has 0 unspecified atom stereocenters. The molecule has 0 saturated carbocycles. The molecular formula is C3H4BrF2I3. The molecule has 0 bridgehead atoms. The Morgan fingerprint density at radius 3 is 1.44 bits per heavy atom. The lowest BCUT2D eigenvalue weighted by molar-refractivity contribution is 0.157. The van der Waals surface area contributed by atoms with Gasteiger partial charge in [-0.3, -0.25) is 0 Å². The lowest BCUT2D eigenvalue weighted by Gasteiger charge is -1.98. The fourth-order valence-corrected chi connectivity index (χ4v) is 0. The lowest BCUT2D eigenvalue weighted by atomic mass is 10.9. The summed E-state index contributed by atoms with van der Waals surface area (Å²) in [6, 6.07) is 0. The molecule has 0 radical (unpaired) electrons. The Balaban J connectivity index is 0. The van der Waals surface area contributed by atoms with Gasteiger partial charge < -0.3 is 0 Å². The molecule has 0 aliphatic rings. The molecule has 0 N–H and O–H groups in total. The topological polar surface area (TPSA) is 0 Å². The molecule has 0 aliphatic heterocycles. The molecule has 9 heavy (non-hydrogen) atoms. The van der Waals surface area contributed by atoms with E-state index in [0.717, 1.165) is 22.6 Å². The summed E-state index contributed by atoms with van der Waals surface area (Å²) < 4.78 is 21.4. The maximum atomic E-state index is 11.4. The summed E-state index contributed by atoms with van der Waals surface area (Å²) in [5, 5.41) is -0.263. The Labute approximate surface area is 102 Å². The quantitative estimate of drug-likeness (QED) is 0.347. The van der Waals surface area contributed by atoms with Crippen LogP contribution in [0.2, 0.25) is 0 Å². The highest BCUT2D eigenvalue weighted by atomic mass is 127. The standard InChI is InChI=1S/C2H2BrF2I.CH2I2/c3-1-2(4,5)6;2-1-3/h1H2;1H2. The summed E-state index contributed by atoms with van der Waals surface area (Å²) in [6.07, 6.45) is 0. The Morgan fingerprint density at radius 1 is 1.33 bits per heavy atom. The second-order valence-corrected chi connectivity index (χ2v) is 7.43. The molecule has 0 aliphatic carbocycles. The van der Waals surface area contributed by atoms with Crippen molar-refractivity contribution in [1.29, 1.82) is 0 Å². The van der Waals surface area contributed by atoms with Gasteiger partial charge in [-0.25, -0.2) is 0 Å². The van der Waals surface area contributed by atoms with Crippen LogP contribution in [-0.4, -0.2) is 11.7 Å². The van der Waals surface area contributed by atoms with Crippen molar-refractivity contribution >= 4 is 83.7 Å². The zero-order chi connectivity index (χ0) is 7.91. The SMILES string of the molecule is FC(F)(I)CBr.ICI. The molecule has 0 fully saturated rings. The number of halogens is 6. The Hall–Kier alpha value is 2.53. The molecule has 0 saturated heterocycles. The van der Waals surface area contributed by atoms with Gasteiger partial charge in [0.25, 0.3) is 0 Å². The third kappa shape index (κ3) is 25.1. The predicted molar refractivity (Wildman–Crippen MR) is 65.7 cm³/mol. The zero-order valence-electron chi connectivity index (χ0n) is 4.18. The van der Waals surface area contributed by atoms with Crippen molar-refractivity contribution in [2.75, 3.05) is 7.76 Å². The van der Waals surface area contributed by atoms with Crippen LogP contribution in [0.4, 0.5) is 8.78 Å². The van der Waals surface area contributed by atoms with E-state index in [1.165, 1.54) is 2.43 Å². The first-order valence-corrected chi connectivity index (χ1v) is 6.97. The van der Waals surface area contributed by atoms with Crippen LogP contribution in [0.25, 0.3) is 0 Å². The first-order valence-electron chi connectivity index (χ1n) is 1.72. The van der Waals surface area contributed by atoms with E-state index in [1.807, 2.05) is 0 Å². The Bertz CT molecular complexity index is 55.5. The molecule has 0 aromatic heterocycles. The van der Waals surface area contributed by atoms with E-state index in [0.29, 0.717) is 0 Å². The van der Waals surface area contributed by atoms with Crippen molar-refractivity contribution in [1.82, 2.24) is 0 Å². The third-order valence-corrected chi connectivity index (χ3v) is 2.29. The molecule has 6 heteroatoms. The van der Waals surface area contributed by atoms with Crippen molar-refractivity contribution in [3.05, 3.63) is 0 Å². The highest BCUT2D eigenvalue weighted by molar-refractivity contribution is 14.2. The summed E-state index contributed by atoms with van der Waals surface area (Å²) in [5.41, 5.74) is 0. The van der Waals surface area contributed by atoms with E-state index in [9.17, 15) is 8.78 Å². The smallest absolute Gasteiger partial charge is 0.194 e. The normalized spacial score (nSPS) is 10.0. The van der Waals surface area contributed by atoms with Gasteiger partial charge in [-0.05, 0) is 22.6 Å². The number of hydrogen-bond acceptors (Lipinski definition) is 0. The van der Waals surface area contributed by atoms with Crippen LogP contribution < -0.4 is 0 Å². The van der Waals surface area contributed by atoms with Crippen molar-refractivity contribution in [2.24, 2.45) is 0 Å². The van der Waals surface area contributed by atoms with Gasteiger partial charge in [0.05, 0.1) is 7.76 Å². The summed E-state index contributed by atoms with van der Waals surface area (Å²) in [5.74, 6) is 0. The van der Waals surface area contributed by atoms with Crippen LogP contribution in [0.3, 0.4) is 0 Å². The summed E-state index contributed by atoms with van der Waals surface area (Å²) in [6.45, 7) is 0. The fourth-order valence-electron chi connectivity index (χ4n) is 0. The average molecular weight is 539 g/mol. The molecule has 0 aromatic rings. The van der Waals surface area contributed by atoms with Crippen LogP contribution in [0, 0.1) is 0 Å². The molecule has 0 heterocycles. The summed E-state index contributed by atoms with van der Waals surface area (Å²) in [7, 11) is 0. The van der Waals surface area contributed by atoms with E-state index in [1.54, 1.807) is 0 Å². The van der Waals surface area contributed by atoms with Crippen molar-refractivity contribution in [2.45, 2.75) is 3.93 Å². The molecule has 0 rings (SSSR count). The van der Waals surface area contributed by atoms with Gasteiger partial charge in [-0.1, -0.05) is 61.1 Å². The van der Waals surface area contributed by atoms with Crippen molar-refractivity contribution < 1.29 is 8.78 Å². The van der Waals surface area contributed by atoms with Gasteiger partial charge in [-0.15, -0.1) is 0 Å². The maximum Gasteiger partial charge on any atom is 0.306 e. The predicted octanol–water partition coefficient (Wildman–Crippen LogP) is 4.22. The van der Waals surface area contributed by atoms with Crippen LogP contribution in [0.15, 0.2) is 0 Å².